The van der Waals surface area contributed by atoms with Crippen LogP contribution in [0.25, 0.3) is 22.7 Å². The molecule has 3 aromatic carbocycles. The van der Waals surface area contributed by atoms with Gasteiger partial charge in [-0.3, -0.25) is 4.79 Å². The Hall–Kier alpha value is -4.06. The predicted molar refractivity (Wildman–Crippen MR) is 123 cm³/mol. The summed E-state index contributed by atoms with van der Waals surface area (Å²) in [5.41, 5.74) is 2.87. The van der Waals surface area contributed by atoms with Gasteiger partial charge in [-0.25, -0.2) is 4.98 Å². The Morgan fingerprint density at radius 1 is 0.969 bits per heavy atom. The van der Waals surface area contributed by atoms with Crippen molar-refractivity contribution >= 4 is 28.5 Å². The van der Waals surface area contributed by atoms with Crippen molar-refractivity contribution in [2.45, 2.75) is 6.92 Å². The minimum atomic E-state index is -0.214. The summed E-state index contributed by atoms with van der Waals surface area (Å²) in [6, 6.07) is 19.9. The van der Waals surface area contributed by atoms with Crippen LogP contribution in [0.15, 0.2) is 71.1 Å². The summed E-state index contributed by atoms with van der Waals surface area (Å²) in [7, 11) is 3.14. The van der Waals surface area contributed by atoms with Gasteiger partial charge in [-0.05, 0) is 67.1 Å². The second kappa shape index (κ2) is 9.39. The van der Waals surface area contributed by atoms with E-state index >= 15 is 0 Å². The van der Waals surface area contributed by atoms with Gasteiger partial charge in [0.15, 0.2) is 22.9 Å². The number of nitrogens with zero attached hydrogens (tertiary/aromatic N) is 1. The quantitative estimate of drug-likeness (QED) is 0.266. The molecule has 0 aliphatic heterocycles. The Kier molecular flexibility index (Phi) is 6.22. The highest BCUT2D eigenvalue weighted by atomic mass is 16.5. The smallest absolute Gasteiger partial charge is 0.231 e. The van der Waals surface area contributed by atoms with Gasteiger partial charge in [0.05, 0.1) is 26.4 Å². The van der Waals surface area contributed by atoms with Crippen LogP contribution in [0, 0.1) is 0 Å². The third-order valence-electron chi connectivity index (χ3n) is 4.92. The summed E-state index contributed by atoms with van der Waals surface area (Å²) >= 11 is 0. The molecular weight excluding hydrogens is 406 g/mol. The number of hydrogen-bond acceptors (Lipinski definition) is 6. The Morgan fingerprint density at radius 2 is 1.72 bits per heavy atom. The van der Waals surface area contributed by atoms with Gasteiger partial charge in [-0.1, -0.05) is 18.2 Å². The molecule has 0 unspecified atom stereocenters. The third-order valence-corrected chi connectivity index (χ3v) is 4.92. The number of ether oxygens (including phenoxy) is 3. The molecule has 4 aromatic rings. The van der Waals surface area contributed by atoms with Crippen LogP contribution >= 0.6 is 0 Å². The zero-order valence-corrected chi connectivity index (χ0v) is 18.1. The van der Waals surface area contributed by atoms with Crippen molar-refractivity contribution in [3.63, 3.8) is 0 Å². The zero-order chi connectivity index (χ0) is 22.5. The molecule has 6 nitrogen and oxygen atoms in total. The second-order valence-corrected chi connectivity index (χ2v) is 6.95. The maximum atomic E-state index is 13.5. The van der Waals surface area contributed by atoms with E-state index in [1.165, 1.54) is 0 Å². The summed E-state index contributed by atoms with van der Waals surface area (Å²) < 4.78 is 22.1. The van der Waals surface area contributed by atoms with E-state index in [4.69, 9.17) is 18.6 Å². The van der Waals surface area contributed by atoms with Crippen molar-refractivity contribution in [1.82, 2.24) is 4.98 Å². The predicted octanol–water partition coefficient (Wildman–Crippen LogP) is 5.67. The number of ketones is 1. The number of benzene rings is 3. The maximum absolute atomic E-state index is 13.5. The Labute approximate surface area is 186 Å². The molecule has 32 heavy (non-hydrogen) atoms. The fourth-order valence-corrected chi connectivity index (χ4v) is 3.35. The molecule has 0 N–H and O–H groups in total. The van der Waals surface area contributed by atoms with Crippen LogP contribution < -0.4 is 14.2 Å². The van der Waals surface area contributed by atoms with Gasteiger partial charge in [-0.2, -0.15) is 0 Å². The largest absolute Gasteiger partial charge is 0.494 e. The Balaban J connectivity index is 1.81. The highest BCUT2D eigenvalue weighted by molar-refractivity contribution is 6.31. The fourth-order valence-electron chi connectivity index (χ4n) is 3.35. The number of carbonyl (C=O) groups excluding carboxylic acids is 1. The lowest BCUT2D eigenvalue weighted by Crippen LogP contribution is -2.04. The molecule has 0 spiro atoms. The van der Waals surface area contributed by atoms with Crippen molar-refractivity contribution in [3.8, 4) is 17.2 Å². The molecule has 0 radical (unpaired) electrons. The van der Waals surface area contributed by atoms with Gasteiger partial charge < -0.3 is 18.6 Å². The van der Waals surface area contributed by atoms with Crippen molar-refractivity contribution in [2.75, 3.05) is 20.8 Å². The molecule has 0 saturated heterocycles. The van der Waals surface area contributed by atoms with Crippen LogP contribution in [0.1, 0.15) is 28.7 Å². The number of aromatic nitrogens is 1. The lowest BCUT2D eigenvalue weighted by atomic mass is 10.0. The average Bonchev–Trinajstić information content (AvgIpc) is 3.26. The first kappa shape index (κ1) is 21.2. The SMILES string of the molecule is CCOc1ccc(C(=O)/C(=C/c2ccc(OC)c(OC)c2)c2nc3ccccc3o2)cc1. The number of methoxy groups -OCH3 is 2. The Morgan fingerprint density at radius 3 is 2.41 bits per heavy atom. The number of para-hydroxylation sites is 2. The number of rotatable bonds is 8. The number of Topliss-reactive ketones (excluding diaryl/α,β-unsaturated/α-hetero) is 1. The summed E-state index contributed by atoms with van der Waals surface area (Å²) in [4.78, 5) is 18.1. The molecule has 0 aliphatic rings. The Bertz CT molecular complexity index is 1240. The van der Waals surface area contributed by atoms with E-state index in [9.17, 15) is 4.79 Å². The van der Waals surface area contributed by atoms with Crippen LogP contribution in [-0.2, 0) is 0 Å². The van der Waals surface area contributed by atoms with Gasteiger partial charge in [0.1, 0.15) is 11.3 Å². The summed E-state index contributed by atoms with van der Waals surface area (Å²) in [5, 5.41) is 0. The highest BCUT2D eigenvalue weighted by Crippen LogP contribution is 2.31. The topological polar surface area (TPSA) is 70.8 Å². The number of carbonyl (C=O) groups is 1. The first-order valence-corrected chi connectivity index (χ1v) is 10.2. The first-order valence-electron chi connectivity index (χ1n) is 10.2. The normalized spacial score (nSPS) is 11.4. The highest BCUT2D eigenvalue weighted by Gasteiger charge is 2.21. The van der Waals surface area contributed by atoms with E-state index < -0.39 is 0 Å². The van der Waals surface area contributed by atoms with Gasteiger partial charge in [0.2, 0.25) is 5.89 Å². The van der Waals surface area contributed by atoms with Crippen molar-refractivity contribution in [1.29, 1.82) is 0 Å². The van der Waals surface area contributed by atoms with Crippen molar-refractivity contribution in [2.24, 2.45) is 0 Å². The first-order chi connectivity index (χ1) is 15.6. The molecule has 0 saturated carbocycles. The van der Waals surface area contributed by atoms with Gasteiger partial charge in [0.25, 0.3) is 0 Å². The summed E-state index contributed by atoms with van der Waals surface area (Å²) in [6.07, 6.45) is 1.74. The maximum Gasteiger partial charge on any atom is 0.231 e. The average molecular weight is 429 g/mol. The van der Waals surface area contributed by atoms with Gasteiger partial charge >= 0.3 is 0 Å². The number of hydrogen-bond donors (Lipinski definition) is 0. The lowest BCUT2D eigenvalue weighted by Gasteiger charge is -2.09. The molecule has 1 aromatic heterocycles. The molecule has 1 heterocycles. The zero-order valence-electron chi connectivity index (χ0n) is 18.1. The molecule has 0 fully saturated rings. The molecule has 0 amide bonds. The molecule has 0 atom stereocenters. The van der Waals surface area contributed by atoms with E-state index in [2.05, 4.69) is 4.98 Å². The molecule has 0 aliphatic carbocycles. The molecule has 0 bridgehead atoms. The van der Waals surface area contributed by atoms with Crippen LogP contribution in [0.2, 0.25) is 0 Å². The van der Waals surface area contributed by atoms with Gasteiger partial charge in [0, 0.05) is 5.56 Å². The van der Waals surface area contributed by atoms with E-state index in [0.717, 1.165) is 5.56 Å². The van der Waals surface area contributed by atoms with E-state index in [1.54, 1.807) is 56.7 Å². The van der Waals surface area contributed by atoms with Crippen LogP contribution in [-0.4, -0.2) is 31.6 Å². The third kappa shape index (κ3) is 4.34. The standard InChI is InChI=1S/C26H23NO5/c1-4-31-19-12-10-18(11-13-19)25(28)20(26-27-21-7-5-6-8-22(21)32-26)15-17-9-14-23(29-2)24(16-17)30-3/h5-16H,4H2,1-3H3/b20-15-. The summed E-state index contributed by atoms with van der Waals surface area (Å²) in [6.45, 7) is 2.47. The van der Waals surface area contributed by atoms with E-state index in [0.29, 0.717) is 46.1 Å². The van der Waals surface area contributed by atoms with Crippen LogP contribution in [0.3, 0.4) is 0 Å². The molecule has 162 valence electrons. The second-order valence-electron chi connectivity index (χ2n) is 6.95. The lowest BCUT2D eigenvalue weighted by molar-refractivity contribution is 0.105. The number of fused-ring (bicyclic) bond motifs is 1. The summed E-state index contributed by atoms with van der Waals surface area (Å²) in [5.74, 6) is 1.91. The van der Waals surface area contributed by atoms with Crippen molar-refractivity contribution < 1.29 is 23.4 Å². The molecular formula is C26H23NO5. The minimum absolute atomic E-state index is 0.214. The number of allylic oxidation sites excluding steroid dienone is 1. The fraction of sp³-hybridized carbons (Fsp3) is 0.154. The minimum Gasteiger partial charge on any atom is -0.494 e. The van der Waals surface area contributed by atoms with Crippen LogP contribution in [0.4, 0.5) is 0 Å². The van der Waals surface area contributed by atoms with E-state index in [1.807, 2.05) is 37.3 Å². The van der Waals surface area contributed by atoms with Gasteiger partial charge in [-0.15, -0.1) is 0 Å². The van der Waals surface area contributed by atoms with Crippen LogP contribution in [0.5, 0.6) is 17.2 Å². The molecule has 6 heteroatoms. The molecule has 4 rings (SSSR count). The monoisotopic (exact) mass is 429 g/mol. The van der Waals surface area contributed by atoms with E-state index in [-0.39, 0.29) is 11.7 Å². The number of oxazole rings is 1. The van der Waals surface area contributed by atoms with Crippen molar-refractivity contribution in [3.05, 3.63) is 83.7 Å².